The van der Waals surface area contributed by atoms with E-state index in [0.29, 0.717) is 11.5 Å². The average molecular weight is 256 g/mol. The van der Waals surface area contributed by atoms with Gasteiger partial charge in [0.2, 0.25) is 0 Å². The van der Waals surface area contributed by atoms with Gasteiger partial charge in [0.1, 0.15) is 12.4 Å². The number of nitrogen functional groups attached to an aromatic ring is 1. The molecule has 2 aromatic rings. The van der Waals surface area contributed by atoms with E-state index in [1.807, 2.05) is 0 Å². The van der Waals surface area contributed by atoms with Crippen LogP contribution in [0.1, 0.15) is 25.7 Å². The maximum Gasteiger partial charge on any atom is 0.263 e. The van der Waals surface area contributed by atoms with Crippen molar-refractivity contribution in [3.05, 3.63) is 24.5 Å². The zero-order chi connectivity index (χ0) is 13.3. The van der Waals surface area contributed by atoms with Gasteiger partial charge in [0, 0.05) is 13.1 Å². The molecule has 98 valence electrons. The summed E-state index contributed by atoms with van der Waals surface area (Å²) >= 11 is 0. The second-order valence-electron chi connectivity index (χ2n) is 4.32. The molecule has 0 unspecified atom stereocenters. The van der Waals surface area contributed by atoms with E-state index in [0.717, 1.165) is 6.92 Å². The van der Waals surface area contributed by atoms with Crippen molar-refractivity contribution in [3.8, 4) is 0 Å². The van der Waals surface area contributed by atoms with Crippen molar-refractivity contribution >= 4 is 5.69 Å². The lowest BCUT2D eigenvalue weighted by Gasteiger charge is -2.16. The summed E-state index contributed by atoms with van der Waals surface area (Å²) in [5.41, 5.74) is 6.07. The quantitative estimate of drug-likeness (QED) is 0.895. The molecule has 2 rings (SSSR count). The third kappa shape index (κ3) is 2.63. The van der Waals surface area contributed by atoms with Gasteiger partial charge in [-0.25, -0.2) is 8.78 Å². The highest BCUT2D eigenvalue weighted by molar-refractivity contribution is 5.30. The van der Waals surface area contributed by atoms with Crippen LogP contribution in [0.4, 0.5) is 14.5 Å². The fourth-order valence-corrected chi connectivity index (χ4v) is 1.69. The molecule has 18 heavy (non-hydrogen) atoms. The summed E-state index contributed by atoms with van der Waals surface area (Å²) < 4.78 is 28.9. The molecule has 0 aliphatic heterocycles. The smallest absolute Gasteiger partial charge is 0.263 e. The van der Waals surface area contributed by atoms with Crippen LogP contribution in [-0.2, 0) is 6.54 Å². The molecular formula is C10H14F2N6. The van der Waals surface area contributed by atoms with Crippen LogP contribution >= 0.6 is 0 Å². The molecule has 0 amide bonds. The van der Waals surface area contributed by atoms with E-state index in [1.54, 1.807) is 17.8 Å². The fourth-order valence-electron chi connectivity index (χ4n) is 1.69. The highest BCUT2D eigenvalue weighted by atomic mass is 19.3. The predicted octanol–water partition coefficient (Wildman–Crippen LogP) is 1.32. The third-order valence-corrected chi connectivity index (χ3v) is 2.49. The molecule has 8 heteroatoms. The predicted molar refractivity (Wildman–Crippen MR) is 61.1 cm³/mol. The maximum atomic E-state index is 13.0. The van der Waals surface area contributed by atoms with Gasteiger partial charge >= 0.3 is 0 Å². The van der Waals surface area contributed by atoms with Gasteiger partial charge < -0.3 is 10.3 Å². The van der Waals surface area contributed by atoms with Crippen LogP contribution in [0.2, 0.25) is 0 Å². The molecular weight excluding hydrogens is 242 g/mol. The Labute approximate surface area is 102 Å². The number of hydrogen-bond acceptors (Lipinski definition) is 4. The molecule has 0 saturated heterocycles. The molecule has 1 atom stereocenters. The second kappa shape index (κ2) is 4.35. The Bertz CT molecular complexity index is 526. The molecule has 2 aromatic heterocycles. The van der Waals surface area contributed by atoms with Crippen molar-refractivity contribution in [3.63, 3.8) is 0 Å². The lowest BCUT2D eigenvalue weighted by molar-refractivity contribution is 0.00271. The van der Waals surface area contributed by atoms with Crippen LogP contribution in [0, 0.1) is 0 Å². The summed E-state index contributed by atoms with van der Waals surface area (Å²) in [5, 5.41) is 11.6. The highest BCUT2D eigenvalue weighted by Crippen LogP contribution is 2.20. The number of rotatable bonds is 4. The lowest BCUT2D eigenvalue weighted by Crippen LogP contribution is -2.22. The molecule has 0 spiro atoms. The first-order valence-corrected chi connectivity index (χ1v) is 5.42. The van der Waals surface area contributed by atoms with E-state index in [1.165, 1.54) is 17.1 Å². The Kier molecular flexibility index (Phi) is 3.02. The summed E-state index contributed by atoms with van der Waals surface area (Å²) in [6, 6.07) is -0.313. The molecule has 0 aromatic carbocycles. The van der Waals surface area contributed by atoms with Crippen molar-refractivity contribution in [2.24, 2.45) is 0 Å². The van der Waals surface area contributed by atoms with E-state index in [2.05, 4.69) is 15.3 Å². The Balaban J connectivity index is 2.26. The summed E-state index contributed by atoms with van der Waals surface area (Å²) in [5.74, 6) is -2.40. The first-order chi connectivity index (χ1) is 8.37. The van der Waals surface area contributed by atoms with E-state index in [-0.39, 0.29) is 6.04 Å². The van der Waals surface area contributed by atoms with E-state index in [4.69, 9.17) is 5.73 Å². The monoisotopic (exact) mass is 256 g/mol. The highest BCUT2D eigenvalue weighted by Gasteiger charge is 2.25. The summed E-state index contributed by atoms with van der Waals surface area (Å²) in [7, 11) is 0. The summed E-state index contributed by atoms with van der Waals surface area (Å²) in [6.07, 6.45) is 4.40. The van der Waals surface area contributed by atoms with Crippen LogP contribution in [-0.4, -0.2) is 30.5 Å². The molecule has 0 radical (unpaired) electrons. The largest absolute Gasteiger partial charge is 0.396 e. The zero-order valence-electron chi connectivity index (χ0n) is 10.1. The SMILES string of the molecule is C[C@H](c1nncn1CC(C)(F)F)n1cc(N)cn1. The average Bonchev–Trinajstić information content (AvgIpc) is 2.84. The van der Waals surface area contributed by atoms with Gasteiger partial charge in [-0.05, 0) is 6.92 Å². The Morgan fingerprint density at radius 1 is 1.50 bits per heavy atom. The Morgan fingerprint density at radius 2 is 2.22 bits per heavy atom. The molecule has 0 aliphatic carbocycles. The molecule has 2 N–H and O–H groups in total. The summed E-state index contributed by atoms with van der Waals surface area (Å²) in [6.45, 7) is 2.19. The number of aromatic nitrogens is 5. The molecule has 6 nitrogen and oxygen atoms in total. The van der Waals surface area contributed by atoms with Gasteiger partial charge in [0.15, 0.2) is 5.82 Å². The van der Waals surface area contributed by atoms with Crippen LogP contribution in [0.15, 0.2) is 18.7 Å². The van der Waals surface area contributed by atoms with Crippen molar-refractivity contribution < 1.29 is 8.78 Å². The van der Waals surface area contributed by atoms with E-state index >= 15 is 0 Å². The lowest BCUT2D eigenvalue weighted by atomic mass is 10.3. The number of halogens is 2. The van der Waals surface area contributed by atoms with Crippen molar-refractivity contribution in [1.29, 1.82) is 0 Å². The number of nitrogens with two attached hydrogens (primary N) is 1. The number of anilines is 1. The third-order valence-electron chi connectivity index (χ3n) is 2.49. The first-order valence-electron chi connectivity index (χ1n) is 5.42. The number of alkyl halides is 2. The van der Waals surface area contributed by atoms with Gasteiger partial charge in [-0.2, -0.15) is 5.10 Å². The number of hydrogen-bond donors (Lipinski definition) is 1. The van der Waals surface area contributed by atoms with Crippen LogP contribution in [0.3, 0.4) is 0 Å². The molecule has 0 aliphatic rings. The normalized spacial score (nSPS) is 13.8. The van der Waals surface area contributed by atoms with Crippen molar-refractivity contribution in [1.82, 2.24) is 24.5 Å². The van der Waals surface area contributed by atoms with Gasteiger partial charge in [-0.15, -0.1) is 10.2 Å². The van der Waals surface area contributed by atoms with Crippen molar-refractivity contribution in [2.45, 2.75) is 32.4 Å². The second-order valence-corrected chi connectivity index (χ2v) is 4.32. The fraction of sp³-hybridized carbons (Fsp3) is 0.500. The Hall–Kier alpha value is -1.99. The zero-order valence-corrected chi connectivity index (χ0v) is 10.1. The van der Waals surface area contributed by atoms with E-state index < -0.39 is 12.5 Å². The minimum absolute atomic E-state index is 0.313. The first kappa shape index (κ1) is 12.5. The molecule has 2 heterocycles. The van der Waals surface area contributed by atoms with Gasteiger partial charge in [-0.1, -0.05) is 0 Å². The summed E-state index contributed by atoms with van der Waals surface area (Å²) in [4.78, 5) is 0. The van der Waals surface area contributed by atoms with E-state index in [9.17, 15) is 8.78 Å². The molecule has 0 saturated carbocycles. The number of nitrogens with zero attached hydrogens (tertiary/aromatic N) is 5. The van der Waals surface area contributed by atoms with Gasteiger partial charge in [0.05, 0.1) is 18.4 Å². The topological polar surface area (TPSA) is 74.5 Å². The molecule has 0 bridgehead atoms. The van der Waals surface area contributed by atoms with Crippen LogP contribution in [0.5, 0.6) is 0 Å². The van der Waals surface area contributed by atoms with Crippen molar-refractivity contribution in [2.75, 3.05) is 5.73 Å². The van der Waals surface area contributed by atoms with Crippen LogP contribution in [0.25, 0.3) is 0 Å². The maximum absolute atomic E-state index is 13.0. The molecule has 0 fully saturated rings. The Morgan fingerprint density at radius 3 is 2.78 bits per heavy atom. The standard InChI is InChI=1S/C10H14F2N6/c1-7(18-4-8(13)3-15-18)9-16-14-6-17(9)5-10(2,11)12/h3-4,6-7H,5,13H2,1-2H3/t7-/m1/s1. The van der Waals surface area contributed by atoms with Gasteiger partial charge in [-0.3, -0.25) is 4.68 Å². The van der Waals surface area contributed by atoms with Gasteiger partial charge in [0.25, 0.3) is 5.92 Å². The van der Waals surface area contributed by atoms with Crippen LogP contribution < -0.4 is 5.73 Å². The minimum Gasteiger partial charge on any atom is -0.396 e. The minimum atomic E-state index is -2.82.